The first-order chi connectivity index (χ1) is 23.9. The van der Waals surface area contributed by atoms with E-state index in [2.05, 4.69) is 23.2 Å². The molecular weight excluding hydrogens is 643 g/mol. The van der Waals surface area contributed by atoms with Crippen LogP contribution in [0.3, 0.4) is 0 Å². The molecule has 270 valence electrons. The molecule has 1 N–H and O–H groups in total. The van der Waals surface area contributed by atoms with Crippen molar-refractivity contribution in [3.63, 3.8) is 0 Å². The number of halogens is 5. The van der Waals surface area contributed by atoms with Crippen molar-refractivity contribution >= 4 is 0 Å². The summed E-state index contributed by atoms with van der Waals surface area (Å²) >= 11 is 0. The van der Waals surface area contributed by atoms with E-state index in [4.69, 9.17) is 9.97 Å². The van der Waals surface area contributed by atoms with Crippen molar-refractivity contribution in [1.29, 1.82) is 0 Å². The Hall–Kier alpha value is -3.62. The maximum Gasteiger partial charge on any atom is 0.432 e. The number of benzene rings is 1. The summed E-state index contributed by atoms with van der Waals surface area (Å²) in [4.78, 5) is 9.67. The van der Waals surface area contributed by atoms with Crippen molar-refractivity contribution in [3.05, 3.63) is 88.9 Å². The fourth-order valence-corrected chi connectivity index (χ4v) is 7.56. The van der Waals surface area contributed by atoms with Crippen LogP contribution in [0.1, 0.15) is 140 Å². The van der Waals surface area contributed by atoms with E-state index in [1.165, 1.54) is 89.2 Å². The second-order valence-corrected chi connectivity index (χ2v) is 14.9. The standard InChI is InChI=1S/C41H51F5N4/c1-4-5-6-7-8-9-10-11-12-13-21-40(22-14-15-23-40)28-29-24-34(35-27-38(50-49-35)41(44,45)46)48-37(25-29)39(2,3)36-18-16-17-33(47-36)31-20-19-30(42)26-32(31)43/h16-20,24-27H,4-15,21-23,28H2,1-3H3,(H,49,50). The van der Waals surface area contributed by atoms with Crippen LogP contribution in [0.5, 0.6) is 0 Å². The van der Waals surface area contributed by atoms with Crippen LogP contribution >= 0.6 is 0 Å². The van der Waals surface area contributed by atoms with Crippen LogP contribution in [-0.2, 0) is 18.0 Å². The number of H-pyrrole nitrogens is 1. The van der Waals surface area contributed by atoms with Crippen molar-refractivity contribution < 1.29 is 22.0 Å². The number of hydrogen-bond donors (Lipinski definition) is 1. The van der Waals surface area contributed by atoms with Gasteiger partial charge in [0, 0.05) is 17.0 Å². The van der Waals surface area contributed by atoms with Gasteiger partial charge in [-0.05, 0) is 93.0 Å². The van der Waals surface area contributed by atoms with Gasteiger partial charge in [0.2, 0.25) is 0 Å². The van der Waals surface area contributed by atoms with Gasteiger partial charge in [-0.25, -0.2) is 8.78 Å². The number of nitrogens with one attached hydrogen (secondary N) is 1. The monoisotopic (exact) mass is 694 g/mol. The van der Waals surface area contributed by atoms with Crippen molar-refractivity contribution in [3.8, 4) is 22.6 Å². The van der Waals surface area contributed by atoms with E-state index in [0.29, 0.717) is 22.8 Å². The van der Waals surface area contributed by atoms with E-state index >= 15 is 0 Å². The molecule has 1 aliphatic rings. The number of unbranched alkanes of at least 4 members (excludes halogenated alkanes) is 9. The number of rotatable bonds is 17. The van der Waals surface area contributed by atoms with Gasteiger partial charge in [-0.3, -0.25) is 15.1 Å². The molecule has 4 nitrogen and oxygen atoms in total. The first-order valence-corrected chi connectivity index (χ1v) is 18.5. The normalized spacial score (nSPS) is 14.8. The zero-order valence-corrected chi connectivity index (χ0v) is 29.7. The Labute approximate surface area is 293 Å². The summed E-state index contributed by atoms with van der Waals surface area (Å²) in [6.45, 7) is 6.16. The Balaban J connectivity index is 1.40. The molecule has 1 aliphatic carbocycles. The van der Waals surface area contributed by atoms with E-state index in [0.717, 1.165) is 43.4 Å². The summed E-state index contributed by atoms with van der Waals surface area (Å²) in [6.07, 6.45) is 14.9. The van der Waals surface area contributed by atoms with Crippen LogP contribution in [0.15, 0.2) is 54.6 Å². The van der Waals surface area contributed by atoms with E-state index in [9.17, 15) is 22.0 Å². The molecule has 5 rings (SSSR count). The Morgan fingerprint density at radius 2 is 1.38 bits per heavy atom. The molecule has 1 fully saturated rings. The minimum absolute atomic E-state index is 0.126. The summed E-state index contributed by atoms with van der Waals surface area (Å²) in [6, 6.07) is 13.6. The second-order valence-electron chi connectivity index (χ2n) is 14.9. The van der Waals surface area contributed by atoms with Crippen LogP contribution in [0, 0.1) is 17.0 Å². The third kappa shape index (κ3) is 9.58. The van der Waals surface area contributed by atoms with Gasteiger partial charge in [0.05, 0.1) is 22.8 Å². The topological polar surface area (TPSA) is 54.5 Å². The van der Waals surface area contributed by atoms with Crippen molar-refractivity contribution in [2.45, 2.75) is 135 Å². The highest BCUT2D eigenvalue weighted by molar-refractivity contribution is 5.61. The molecule has 0 spiro atoms. The van der Waals surface area contributed by atoms with Crippen molar-refractivity contribution in [2.75, 3.05) is 0 Å². The maximum atomic E-state index is 14.7. The van der Waals surface area contributed by atoms with Crippen LogP contribution in [-0.4, -0.2) is 20.2 Å². The molecule has 0 aliphatic heterocycles. The van der Waals surface area contributed by atoms with Crippen LogP contribution < -0.4 is 0 Å². The van der Waals surface area contributed by atoms with Gasteiger partial charge in [-0.1, -0.05) is 90.0 Å². The lowest BCUT2D eigenvalue weighted by Crippen LogP contribution is -2.24. The molecule has 0 atom stereocenters. The molecule has 1 saturated carbocycles. The predicted octanol–water partition coefficient (Wildman–Crippen LogP) is 12.6. The zero-order valence-electron chi connectivity index (χ0n) is 29.7. The largest absolute Gasteiger partial charge is 0.432 e. The number of aromatic nitrogens is 4. The number of hydrogen-bond acceptors (Lipinski definition) is 3. The van der Waals surface area contributed by atoms with Gasteiger partial charge in [-0.15, -0.1) is 0 Å². The number of nitrogens with zero attached hydrogens (tertiary/aromatic N) is 3. The molecule has 3 aromatic heterocycles. The maximum absolute atomic E-state index is 14.7. The Morgan fingerprint density at radius 3 is 2.02 bits per heavy atom. The summed E-state index contributed by atoms with van der Waals surface area (Å²) in [5, 5.41) is 6.16. The highest BCUT2D eigenvalue weighted by Crippen LogP contribution is 2.46. The minimum Gasteiger partial charge on any atom is -0.273 e. The SMILES string of the molecule is CCCCCCCCCCCCC1(Cc2cc(-c3cc(C(F)(F)F)[nH]n3)nc(C(C)(C)c3cccc(-c4ccc(F)cc4F)n3)c2)CCCC1. The van der Waals surface area contributed by atoms with E-state index in [-0.39, 0.29) is 16.7 Å². The smallest absolute Gasteiger partial charge is 0.273 e. The fourth-order valence-electron chi connectivity index (χ4n) is 7.56. The van der Waals surface area contributed by atoms with Gasteiger partial charge in [0.15, 0.2) is 0 Å². The molecule has 9 heteroatoms. The van der Waals surface area contributed by atoms with Gasteiger partial charge in [-0.2, -0.15) is 18.3 Å². The molecule has 0 bridgehead atoms. The van der Waals surface area contributed by atoms with Crippen molar-refractivity contribution in [1.82, 2.24) is 20.2 Å². The molecule has 0 amide bonds. The average molecular weight is 695 g/mol. The van der Waals surface area contributed by atoms with Crippen molar-refractivity contribution in [2.24, 2.45) is 5.41 Å². The lowest BCUT2D eigenvalue weighted by Gasteiger charge is -2.31. The van der Waals surface area contributed by atoms with E-state index < -0.39 is 28.9 Å². The lowest BCUT2D eigenvalue weighted by molar-refractivity contribution is -0.141. The molecule has 4 aromatic rings. The Morgan fingerprint density at radius 1 is 0.720 bits per heavy atom. The highest BCUT2D eigenvalue weighted by atomic mass is 19.4. The van der Waals surface area contributed by atoms with Gasteiger partial charge in [0.1, 0.15) is 23.0 Å². The third-order valence-corrected chi connectivity index (χ3v) is 10.6. The summed E-state index contributed by atoms with van der Waals surface area (Å²) in [5.41, 5.74) is 1.69. The Bertz CT molecular complexity index is 1690. The van der Waals surface area contributed by atoms with Crippen LogP contribution in [0.2, 0.25) is 0 Å². The lowest BCUT2D eigenvalue weighted by atomic mass is 9.75. The highest BCUT2D eigenvalue weighted by Gasteiger charge is 2.36. The van der Waals surface area contributed by atoms with E-state index in [1.807, 2.05) is 26.0 Å². The number of aromatic amines is 1. The molecular formula is C41H51F5N4. The second kappa shape index (κ2) is 16.6. The summed E-state index contributed by atoms with van der Waals surface area (Å²) < 4.78 is 69.1. The number of alkyl halides is 3. The summed E-state index contributed by atoms with van der Waals surface area (Å²) in [7, 11) is 0. The van der Waals surface area contributed by atoms with E-state index in [1.54, 1.807) is 12.1 Å². The summed E-state index contributed by atoms with van der Waals surface area (Å²) in [5.74, 6) is -1.38. The van der Waals surface area contributed by atoms with Crippen LogP contribution in [0.25, 0.3) is 22.6 Å². The predicted molar refractivity (Wildman–Crippen MR) is 190 cm³/mol. The fraction of sp³-hybridized carbons (Fsp3) is 0.537. The van der Waals surface area contributed by atoms with Gasteiger partial charge in [0.25, 0.3) is 0 Å². The molecule has 50 heavy (non-hydrogen) atoms. The third-order valence-electron chi connectivity index (χ3n) is 10.6. The Kier molecular flexibility index (Phi) is 12.5. The molecule has 3 heterocycles. The first kappa shape index (κ1) is 37.6. The quantitative estimate of drug-likeness (QED) is 0.0884. The zero-order chi connectivity index (χ0) is 35.8. The minimum atomic E-state index is -4.56. The van der Waals surface area contributed by atoms with Crippen LogP contribution in [0.4, 0.5) is 22.0 Å². The number of pyridine rings is 2. The van der Waals surface area contributed by atoms with Gasteiger partial charge >= 0.3 is 6.18 Å². The average Bonchev–Trinajstić information content (AvgIpc) is 3.77. The molecule has 0 radical (unpaired) electrons. The van der Waals surface area contributed by atoms with Gasteiger partial charge < -0.3 is 0 Å². The first-order valence-electron chi connectivity index (χ1n) is 18.5. The molecule has 0 saturated heterocycles. The molecule has 0 unspecified atom stereocenters. The molecule has 1 aromatic carbocycles.